The summed E-state index contributed by atoms with van der Waals surface area (Å²) in [5.41, 5.74) is 0. The van der Waals surface area contributed by atoms with Crippen molar-refractivity contribution in [2.75, 3.05) is 23.8 Å². The highest BCUT2D eigenvalue weighted by Crippen LogP contribution is 2.29. The van der Waals surface area contributed by atoms with E-state index in [1.54, 1.807) is 25.5 Å². The van der Waals surface area contributed by atoms with Crippen LogP contribution in [0.15, 0.2) is 34.7 Å². The fourth-order valence-corrected chi connectivity index (χ4v) is 3.50. The fraction of sp³-hybridized carbons (Fsp3) is 0.438. The third-order valence-corrected chi connectivity index (χ3v) is 5.09. The number of nitrogens with one attached hydrogen (secondary N) is 2. The second-order valence-electron chi connectivity index (χ2n) is 5.76. The van der Waals surface area contributed by atoms with Gasteiger partial charge in [-0.15, -0.1) is 0 Å². The zero-order valence-corrected chi connectivity index (χ0v) is 15.9. The second-order valence-corrected chi connectivity index (χ2v) is 7.16. The summed E-state index contributed by atoms with van der Waals surface area (Å²) in [5, 5.41) is 7.84. The van der Waals surface area contributed by atoms with Gasteiger partial charge in [0.05, 0.1) is 0 Å². The molecule has 0 spiro atoms. The first-order valence-electron chi connectivity index (χ1n) is 8.25. The lowest BCUT2D eigenvalue weighted by Crippen LogP contribution is -2.38. The molecule has 9 heteroatoms. The largest absolute Gasteiger partial charge is 0.365 e. The minimum absolute atomic E-state index is 0.457. The van der Waals surface area contributed by atoms with Crippen molar-refractivity contribution in [1.29, 1.82) is 0 Å². The predicted octanol–water partition coefficient (Wildman–Crippen LogP) is 2.71. The molecule has 2 N–H and O–H groups in total. The average Bonchev–Trinajstić information content (AvgIpc) is 2.62. The zero-order valence-electron chi connectivity index (χ0n) is 14.3. The maximum Gasteiger partial charge on any atom is 0.232 e. The van der Waals surface area contributed by atoms with E-state index in [9.17, 15) is 0 Å². The van der Waals surface area contributed by atoms with Gasteiger partial charge in [-0.2, -0.15) is 4.98 Å². The molecule has 2 aromatic rings. The van der Waals surface area contributed by atoms with Crippen molar-refractivity contribution >= 4 is 40.9 Å². The van der Waals surface area contributed by atoms with Crippen LogP contribution < -0.4 is 15.5 Å². The van der Waals surface area contributed by atoms with Gasteiger partial charge in [0.1, 0.15) is 10.8 Å². The van der Waals surface area contributed by atoms with Crippen molar-refractivity contribution in [1.82, 2.24) is 25.3 Å². The minimum atomic E-state index is 0.457. The molecule has 1 fully saturated rings. The van der Waals surface area contributed by atoms with Crippen molar-refractivity contribution in [2.24, 2.45) is 0 Å². The van der Waals surface area contributed by atoms with E-state index in [2.05, 4.69) is 42.4 Å². The lowest BCUT2D eigenvalue weighted by atomic mass is 10.0. The number of hydrogen-bond acceptors (Lipinski definition) is 7. The molecular weight excluding hydrogens is 354 g/mol. The second kappa shape index (κ2) is 8.39. The molecule has 0 saturated carbocycles. The summed E-state index contributed by atoms with van der Waals surface area (Å²) < 4.78 is 0. The van der Waals surface area contributed by atoms with Crippen molar-refractivity contribution in [2.45, 2.75) is 42.4 Å². The molecule has 1 aliphatic heterocycles. The number of hydrogen-bond donors (Lipinski definition) is 2. The molecule has 3 rings (SSSR count). The molecule has 1 aliphatic rings. The Kier molecular flexibility index (Phi) is 5.98. The third-order valence-electron chi connectivity index (χ3n) is 3.98. The lowest BCUT2D eigenvalue weighted by Gasteiger charge is -2.34. The van der Waals surface area contributed by atoms with Crippen molar-refractivity contribution < 1.29 is 0 Å². The SMILES string of the molecule is CNC(=S)Nc1nc(Sc2ncccn2)cc(N2CCCC[C@H]2C)n1. The Labute approximate surface area is 157 Å². The molecule has 0 amide bonds. The zero-order chi connectivity index (χ0) is 17.6. The van der Waals surface area contributed by atoms with Crippen LogP contribution in [0, 0.1) is 0 Å². The highest BCUT2D eigenvalue weighted by atomic mass is 32.2. The van der Waals surface area contributed by atoms with Crippen molar-refractivity contribution in [3.63, 3.8) is 0 Å². The number of thiocarbonyl (C=S) groups is 1. The minimum Gasteiger partial charge on any atom is -0.365 e. The van der Waals surface area contributed by atoms with Crippen LogP contribution in [-0.2, 0) is 0 Å². The Morgan fingerprint density at radius 3 is 2.80 bits per heavy atom. The first-order chi connectivity index (χ1) is 12.2. The maximum absolute atomic E-state index is 5.19. The van der Waals surface area contributed by atoms with Gasteiger partial charge in [-0.3, -0.25) is 0 Å². The van der Waals surface area contributed by atoms with Gasteiger partial charge in [0.25, 0.3) is 0 Å². The Bertz CT molecular complexity index is 726. The Morgan fingerprint density at radius 2 is 2.08 bits per heavy atom. The Hall–Kier alpha value is -2.00. The van der Waals surface area contributed by atoms with E-state index in [1.807, 2.05) is 6.07 Å². The molecule has 3 heterocycles. The molecule has 2 aromatic heterocycles. The number of rotatable bonds is 4. The number of anilines is 2. The summed E-state index contributed by atoms with van der Waals surface area (Å²) >= 11 is 6.60. The van der Waals surface area contributed by atoms with Crippen LogP contribution in [-0.4, -0.2) is 44.7 Å². The average molecular weight is 376 g/mol. The van der Waals surface area contributed by atoms with E-state index >= 15 is 0 Å². The molecule has 25 heavy (non-hydrogen) atoms. The molecule has 0 aliphatic carbocycles. The van der Waals surface area contributed by atoms with E-state index in [0.717, 1.165) is 17.4 Å². The first-order valence-corrected chi connectivity index (χ1v) is 9.47. The summed E-state index contributed by atoms with van der Waals surface area (Å²) in [7, 11) is 1.76. The van der Waals surface area contributed by atoms with Crippen molar-refractivity contribution in [3.05, 3.63) is 24.5 Å². The quantitative estimate of drug-likeness (QED) is 0.476. The van der Waals surface area contributed by atoms with E-state index in [0.29, 0.717) is 22.3 Å². The predicted molar refractivity (Wildman–Crippen MR) is 104 cm³/mol. The van der Waals surface area contributed by atoms with Gasteiger partial charge in [-0.1, -0.05) is 0 Å². The standard InChI is InChI=1S/C16H21N7S2/c1-11-6-3-4-9-23(11)12-10-13(25-16-18-7-5-8-19-16)21-14(20-12)22-15(24)17-2/h5,7-8,10-11H,3-4,6,9H2,1-2H3,(H2,17,20,21,22,24)/t11-/m1/s1. The van der Waals surface area contributed by atoms with Gasteiger partial charge in [0.2, 0.25) is 5.95 Å². The fourth-order valence-electron chi connectivity index (χ4n) is 2.70. The molecule has 1 atom stereocenters. The van der Waals surface area contributed by atoms with Gasteiger partial charge in [0, 0.05) is 38.1 Å². The number of aromatic nitrogens is 4. The highest BCUT2D eigenvalue weighted by Gasteiger charge is 2.21. The summed E-state index contributed by atoms with van der Waals surface area (Å²) in [6, 6.07) is 4.25. The Morgan fingerprint density at radius 1 is 1.28 bits per heavy atom. The molecule has 0 unspecified atom stereocenters. The van der Waals surface area contributed by atoms with Gasteiger partial charge in [-0.25, -0.2) is 15.0 Å². The van der Waals surface area contributed by atoms with E-state index in [1.165, 1.54) is 31.0 Å². The van der Waals surface area contributed by atoms with Crippen LogP contribution in [0.25, 0.3) is 0 Å². The molecule has 1 saturated heterocycles. The molecule has 0 bridgehead atoms. The van der Waals surface area contributed by atoms with Crippen molar-refractivity contribution in [3.8, 4) is 0 Å². The van der Waals surface area contributed by atoms with E-state index in [4.69, 9.17) is 12.2 Å². The summed E-state index contributed by atoms with van der Waals surface area (Å²) in [6.07, 6.45) is 7.05. The normalized spacial score (nSPS) is 17.2. The summed E-state index contributed by atoms with van der Waals surface area (Å²) in [6.45, 7) is 3.24. The summed E-state index contributed by atoms with van der Waals surface area (Å²) in [5.74, 6) is 1.38. The van der Waals surface area contributed by atoms with E-state index < -0.39 is 0 Å². The van der Waals surface area contributed by atoms with E-state index in [-0.39, 0.29) is 0 Å². The topological polar surface area (TPSA) is 78.9 Å². The summed E-state index contributed by atoms with van der Waals surface area (Å²) in [4.78, 5) is 20.0. The van der Waals surface area contributed by atoms with Gasteiger partial charge in [0.15, 0.2) is 10.3 Å². The van der Waals surface area contributed by atoms with Crippen LogP contribution in [0.4, 0.5) is 11.8 Å². The number of piperidine rings is 1. The van der Waals surface area contributed by atoms with Gasteiger partial charge in [-0.05, 0) is 56.2 Å². The third kappa shape index (κ3) is 4.76. The molecule has 0 radical (unpaired) electrons. The molecule has 7 nitrogen and oxygen atoms in total. The first kappa shape index (κ1) is 17.8. The molecule has 132 valence electrons. The van der Waals surface area contributed by atoms with Crippen LogP contribution in [0.3, 0.4) is 0 Å². The lowest BCUT2D eigenvalue weighted by molar-refractivity contribution is 0.480. The van der Waals surface area contributed by atoms with Crippen LogP contribution >= 0.6 is 24.0 Å². The van der Waals surface area contributed by atoms with Crippen LogP contribution in [0.1, 0.15) is 26.2 Å². The monoisotopic (exact) mass is 375 g/mol. The molecule has 0 aromatic carbocycles. The van der Waals surface area contributed by atoms with Gasteiger partial charge >= 0.3 is 0 Å². The smallest absolute Gasteiger partial charge is 0.232 e. The highest BCUT2D eigenvalue weighted by molar-refractivity contribution is 7.99. The Balaban J connectivity index is 1.91. The maximum atomic E-state index is 5.19. The molecular formula is C16H21N7S2. The van der Waals surface area contributed by atoms with Crippen LogP contribution in [0.2, 0.25) is 0 Å². The van der Waals surface area contributed by atoms with Crippen LogP contribution in [0.5, 0.6) is 0 Å². The van der Waals surface area contributed by atoms with Gasteiger partial charge < -0.3 is 15.5 Å². The number of nitrogens with zero attached hydrogens (tertiary/aromatic N) is 5.